The van der Waals surface area contributed by atoms with Gasteiger partial charge in [-0.15, -0.1) is 0 Å². The van der Waals surface area contributed by atoms with Crippen molar-refractivity contribution in [1.82, 2.24) is 15.1 Å². The van der Waals surface area contributed by atoms with Crippen molar-refractivity contribution in [2.75, 3.05) is 20.1 Å². The predicted octanol–water partition coefficient (Wildman–Crippen LogP) is 4.10. The molecule has 4 rings (SSSR count). The van der Waals surface area contributed by atoms with Gasteiger partial charge in [0.15, 0.2) is 0 Å². The van der Waals surface area contributed by atoms with E-state index in [0.29, 0.717) is 18.0 Å². The molecule has 170 valence electrons. The van der Waals surface area contributed by atoms with Crippen LogP contribution in [0.1, 0.15) is 54.4 Å². The lowest BCUT2D eigenvalue weighted by atomic mass is 9.84. The molecule has 2 fully saturated rings. The highest BCUT2D eigenvalue weighted by Crippen LogP contribution is 2.40. The van der Waals surface area contributed by atoms with Gasteiger partial charge in [0.25, 0.3) is 5.91 Å². The second-order valence-corrected chi connectivity index (χ2v) is 9.31. The van der Waals surface area contributed by atoms with Crippen molar-refractivity contribution in [2.45, 2.75) is 57.2 Å². The number of carbonyl (C=O) groups excluding carboxylic acids is 2. The van der Waals surface area contributed by atoms with Gasteiger partial charge in [0.1, 0.15) is 6.04 Å². The van der Waals surface area contributed by atoms with Crippen LogP contribution < -0.4 is 5.32 Å². The van der Waals surface area contributed by atoms with E-state index < -0.39 is 0 Å². The Morgan fingerprint density at radius 3 is 2.44 bits per heavy atom. The van der Waals surface area contributed by atoms with Crippen LogP contribution in [0.3, 0.4) is 0 Å². The highest BCUT2D eigenvalue weighted by molar-refractivity contribution is 5.98. The molecule has 3 unspecified atom stereocenters. The third-order valence-corrected chi connectivity index (χ3v) is 6.96. The number of nitrogens with zero attached hydrogens (tertiary/aromatic N) is 2. The number of nitrogens with one attached hydrogen (secondary N) is 1. The van der Waals surface area contributed by atoms with Crippen molar-refractivity contribution in [3.05, 3.63) is 71.8 Å². The van der Waals surface area contributed by atoms with Crippen LogP contribution in [0.2, 0.25) is 0 Å². The van der Waals surface area contributed by atoms with E-state index in [1.54, 1.807) is 0 Å². The summed E-state index contributed by atoms with van der Waals surface area (Å²) in [5, 5.41) is 3.13. The molecule has 0 spiro atoms. The number of hydrogen-bond acceptors (Lipinski definition) is 3. The third kappa shape index (κ3) is 5.39. The lowest BCUT2D eigenvalue weighted by molar-refractivity contribution is -0.125. The fraction of sp³-hybridized carbons (Fsp3) is 0.481. The third-order valence-electron chi connectivity index (χ3n) is 6.96. The summed E-state index contributed by atoms with van der Waals surface area (Å²) in [5.74, 6) is 0.460. The minimum Gasteiger partial charge on any atom is -0.354 e. The molecule has 1 N–H and O–H groups in total. The quantitative estimate of drug-likeness (QED) is 0.638. The minimum absolute atomic E-state index is 0.00254. The molecule has 1 heterocycles. The van der Waals surface area contributed by atoms with Crippen LogP contribution >= 0.6 is 0 Å². The van der Waals surface area contributed by atoms with Gasteiger partial charge in [0.05, 0.1) is 0 Å². The van der Waals surface area contributed by atoms with Crippen LogP contribution in [0.15, 0.2) is 60.7 Å². The van der Waals surface area contributed by atoms with Crippen LogP contribution in [0.5, 0.6) is 0 Å². The van der Waals surface area contributed by atoms with Crippen LogP contribution in [0.4, 0.5) is 0 Å². The fourth-order valence-corrected chi connectivity index (χ4v) is 5.37. The van der Waals surface area contributed by atoms with Gasteiger partial charge in [-0.05, 0) is 62.9 Å². The van der Waals surface area contributed by atoms with Crippen LogP contribution in [0, 0.1) is 5.92 Å². The molecule has 1 aliphatic carbocycles. The molecule has 1 saturated carbocycles. The van der Waals surface area contributed by atoms with Crippen molar-refractivity contribution < 1.29 is 9.59 Å². The number of benzene rings is 2. The molecule has 32 heavy (non-hydrogen) atoms. The Kier molecular flexibility index (Phi) is 7.59. The average molecular weight is 434 g/mol. The van der Waals surface area contributed by atoms with Gasteiger partial charge in [-0.25, -0.2) is 0 Å². The maximum Gasteiger partial charge on any atom is 0.254 e. The molecule has 0 bridgehead atoms. The van der Waals surface area contributed by atoms with E-state index in [0.717, 1.165) is 45.2 Å². The van der Waals surface area contributed by atoms with E-state index in [2.05, 4.69) is 41.5 Å². The Morgan fingerprint density at radius 2 is 1.69 bits per heavy atom. The van der Waals surface area contributed by atoms with Gasteiger partial charge in [-0.1, -0.05) is 61.4 Å². The molecular formula is C27H35N3O2. The lowest BCUT2D eigenvalue weighted by Gasteiger charge is -2.33. The molecule has 2 aromatic carbocycles. The first-order valence-corrected chi connectivity index (χ1v) is 12.0. The first-order valence-electron chi connectivity index (χ1n) is 12.0. The maximum atomic E-state index is 13.3. The summed E-state index contributed by atoms with van der Waals surface area (Å²) in [6, 6.07) is 19.7. The average Bonchev–Trinajstić information content (AvgIpc) is 3.22. The summed E-state index contributed by atoms with van der Waals surface area (Å²) in [4.78, 5) is 30.7. The first-order chi connectivity index (χ1) is 15.6. The topological polar surface area (TPSA) is 52.7 Å². The molecule has 1 aliphatic heterocycles. The van der Waals surface area contributed by atoms with Crippen LogP contribution in [0.25, 0.3) is 0 Å². The van der Waals surface area contributed by atoms with Crippen LogP contribution in [-0.2, 0) is 11.3 Å². The lowest BCUT2D eigenvalue weighted by Crippen LogP contribution is -2.49. The Labute approximate surface area is 191 Å². The zero-order valence-electron chi connectivity index (χ0n) is 19.1. The molecule has 1 saturated heterocycles. The Morgan fingerprint density at radius 1 is 1.00 bits per heavy atom. The molecule has 5 heteroatoms. The largest absolute Gasteiger partial charge is 0.354 e. The van der Waals surface area contributed by atoms with Crippen molar-refractivity contribution in [2.24, 2.45) is 5.92 Å². The number of carbonyl (C=O) groups is 2. The van der Waals surface area contributed by atoms with E-state index >= 15 is 0 Å². The van der Waals surface area contributed by atoms with E-state index in [4.69, 9.17) is 0 Å². The van der Waals surface area contributed by atoms with E-state index in [-0.39, 0.29) is 23.9 Å². The molecule has 0 radical (unpaired) electrons. The summed E-state index contributed by atoms with van der Waals surface area (Å²) in [7, 11) is 2.11. The smallest absolute Gasteiger partial charge is 0.254 e. The van der Waals surface area contributed by atoms with Gasteiger partial charge in [0, 0.05) is 24.7 Å². The second kappa shape index (κ2) is 10.8. The van der Waals surface area contributed by atoms with Crippen molar-refractivity contribution in [1.29, 1.82) is 0 Å². The van der Waals surface area contributed by atoms with E-state index in [1.807, 2.05) is 41.3 Å². The number of likely N-dealkylation sites (tertiary alicyclic amines) is 1. The molecule has 3 atom stereocenters. The highest BCUT2D eigenvalue weighted by Gasteiger charge is 2.47. The molecule has 0 aromatic heterocycles. The Bertz CT molecular complexity index is 886. The van der Waals surface area contributed by atoms with Crippen LogP contribution in [-0.4, -0.2) is 53.8 Å². The number of amides is 2. The van der Waals surface area contributed by atoms with Gasteiger partial charge in [-0.3, -0.25) is 9.59 Å². The number of rotatable bonds is 8. The zero-order valence-corrected chi connectivity index (χ0v) is 19.1. The second-order valence-electron chi connectivity index (χ2n) is 9.31. The number of fused-ring (bicyclic) bond motifs is 1. The fourth-order valence-electron chi connectivity index (χ4n) is 5.37. The molecule has 2 aliphatic rings. The van der Waals surface area contributed by atoms with Crippen molar-refractivity contribution in [3.63, 3.8) is 0 Å². The van der Waals surface area contributed by atoms with Gasteiger partial charge in [-0.2, -0.15) is 0 Å². The molecule has 2 amide bonds. The molecule has 5 nitrogen and oxygen atoms in total. The number of hydrogen-bond donors (Lipinski definition) is 1. The van der Waals surface area contributed by atoms with E-state index in [1.165, 1.54) is 12.0 Å². The molecule has 2 aromatic rings. The van der Waals surface area contributed by atoms with Crippen molar-refractivity contribution in [3.8, 4) is 0 Å². The summed E-state index contributed by atoms with van der Waals surface area (Å²) in [6.07, 6.45) is 6.16. The van der Waals surface area contributed by atoms with Gasteiger partial charge < -0.3 is 15.1 Å². The summed E-state index contributed by atoms with van der Waals surface area (Å²) < 4.78 is 0. The Hall–Kier alpha value is -2.66. The molecular weight excluding hydrogens is 398 g/mol. The minimum atomic E-state index is -0.349. The van der Waals surface area contributed by atoms with Gasteiger partial charge >= 0.3 is 0 Å². The summed E-state index contributed by atoms with van der Waals surface area (Å²) >= 11 is 0. The predicted molar refractivity (Wildman–Crippen MR) is 127 cm³/mol. The van der Waals surface area contributed by atoms with Gasteiger partial charge in [0.2, 0.25) is 5.91 Å². The summed E-state index contributed by atoms with van der Waals surface area (Å²) in [5.41, 5.74) is 1.97. The highest BCUT2D eigenvalue weighted by atomic mass is 16.2. The standard InChI is InChI=1S/C27H35N3O2/c1-29(20-21-11-4-2-5-12-21)18-10-17-28-26(31)25-19-23-15-8-9-16-24(23)30(25)27(32)22-13-6-3-7-14-22/h2-7,11-14,23-25H,8-10,15-20H2,1H3,(H,28,31). The Balaban J connectivity index is 1.32. The SMILES string of the molecule is CN(CCCNC(=O)C1CC2CCCCC2N1C(=O)c1ccccc1)Cc1ccccc1. The first kappa shape index (κ1) is 22.5. The zero-order chi connectivity index (χ0) is 22.3. The van der Waals surface area contributed by atoms with E-state index in [9.17, 15) is 9.59 Å². The monoisotopic (exact) mass is 433 g/mol. The maximum absolute atomic E-state index is 13.3. The van der Waals surface area contributed by atoms with Crippen molar-refractivity contribution >= 4 is 11.8 Å². The normalized spacial score (nSPS) is 22.6. The summed E-state index contributed by atoms with van der Waals surface area (Å²) in [6.45, 7) is 2.45.